The highest BCUT2D eigenvalue weighted by Crippen LogP contribution is 2.37. The van der Waals surface area contributed by atoms with Gasteiger partial charge in [0.25, 0.3) is 0 Å². The van der Waals surface area contributed by atoms with Crippen LogP contribution in [0.5, 0.6) is 5.75 Å². The van der Waals surface area contributed by atoms with E-state index in [9.17, 15) is 18.0 Å². The second-order valence-corrected chi connectivity index (χ2v) is 8.52. The van der Waals surface area contributed by atoms with Crippen LogP contribution in [0.4, 0.5) is 18.0 Å². The third-order valence-electron chi connectivity index (χ3n) is 5.30. The number of methoxy groups -OCH3 is 1. The summed E-state index contributed by atoms with van der Waals surface area (Å²) in [5.41, 5.74) is 0.831. The molecule has 0 fully saturated rings. The van der Waals surface area contributed by atoms with E-state index in [1.165, 1.54) is 13.2 Å². The van der Waals surface area contributed by atoms with Crippen LogP contribution in [-0.4, -0.2) is 43.9 Å². The zero-order chi connectivity index (χ0) is 25.2. The number of halogens is 3. The van der Waals surface area contributed by atoms with E-state index in [1.54, 1.807) is 13.0 Å². The number of aryl methyl sites for hydroxylation is 3. The molecular formula is C25H32F3NO5. The average Bonchev–Trinajstić information content (AvgIpc) is 2.75. The van der Waals surface area contributed by atoms with Crippen molar-refractivity contribution in [3.05, 3.63) is 64.7 Å². The van der Waals surface area contributed by atoms with E-state index in [4.69, 9.17) is 19.3 Å². The third kappa shape index (κ3) is 9.23. The third-order valence-corrected chi connectivity index (χ3v) is 5.30. The highest BCUT2D eigenvalue weighted by molar-refractivity contribution is 5.65. The molecule has 6 nitrogen and oxygen atoms in total. The first-order valence-corrected chi connectivity index (χ1v) is 11.0. The Kier molecular flexibility index (Phi) is 10.2. The topological polar surface area (TPSA) is 77.0 Å². The van der Waals surface area contributed by atoms with Gasteiger partial charge in [0.15, 0.2) is 0 Å². The molecule has 0 radical (unpaired) electrons. The second-order valence-electron chi connectivity index (χ2n) is 8.52. The average molecular weight is 484 g/mol. The van der Waals surface area contributed by atoms with Crippen molar-refractivity contribution in [2.24, 2.45) is 0 Å². The van der Waals surface area contributed by atoms with Crippen LogP contribution in [0, 0.1) is 6.92 Å². The second kappa shape index (κ2) is 12.6. The number of hydrogen-bond acceptors (Lipinski definition) is 4. The standard InChI is InChI=1S/C25H32F3NO5/c1-18-6-4-7-19(14-18)8-5-13-34-22-10-9-20(15-21(22)25(26,27)28)11-12-24(2,29-23(30)31)16-33-17-32-3/h4,6-7,9-10,14-15,29H,5,8,11-13,16-17H2,1-3H3,(H,30,31). The maximum atomic E-state index is 13.7. The smallest absolute Gasteiger partial charge is 0.419 e. The van der Waals surface area contributed by atoms with Crippen molar-refractivity contribution in [1.82, 2.24) is 5.32 Å². The molecular weight excluding hydrogens is 451 g/mol. The van der Waals surface area contributed by atoms with Gasteiger partial charge in [0.2, 0.25) is 0 Å². The van der Waals surface area contributed by atoms with Crippen molar-refractivity contribution < 1.29 is 37.3 Å². The Bertz CT molecular complexity index is 935. The van der Waals surface area contributed by atoms with E-state index in [0.717, 1.165) is 17.2 Å². The van der Waals surface area contributed by atoms with Crippen LogP contribution in [-0.2, 0) is 28.5 Å². The molecule has 0 saturated heterocycles. The molecule has 0 aliphatic carbocycles. The number of carbonyl (C=O) groups is 1. The molecule has 2 N–H and O–H groups in total. The Labute approximate surface area is 198 Å². The number of hydrogen-bond donors (Lipinski definition) is 2. The minimum absolute atomic E-state index is 0.0153. The highest BCUT2D eigenvalue weighted by atomic mass is 19.4. The zero-order valence-corrected chi connectivity index (χ0v) is 19.7. The summed E-state index contributed by atoms with van der Waals surface area (Å²) < 4.78 is 56.7. The summed E-state index contributed by atoms with van der Waals surface area (Å²) in [6, 6.07) is 11.9. The fourth-order valence-electron chi connectivity index (χ4n) is 3.61. The number of amides is 1. The van der Waals surface area contributed by atoms with Gasteiger partial charge in [-0.1, -0.05) is 35.9 Å². The molecule has 0 aliphatic rings. The van der Waals surface area contributed by atoms with E-state index in [0.29, 0.717) is 18.4 Å². The minimum atomic E-state index is -4.58. The number of nitrogens with one attached hydrogen (secondary N) is 1. The fraction of sp³-hybridized carbons (Fsp3) is 0.480. The highest BCUT2D eigenvalue weighted by Gasteiger charge is 2.35. The Morgan fingerprint density at radius 3 is 2.47 bits per heavy atom. The van der Waals surface area contributed by atoms with E-state index in [2.05, 4.69) is 5.32 Å². The van der Waals surface area contributed by atoms with E-state index in [1.807, 2.05) is 31.2 Å². The monoisotopic (exact) mass is 483 g/mol. The quantitative estimate of drug-likeness (QED) is 0.286. The molecule has 1 unspecified atom stereocenters. The molecule has 0 bridgehead atoms. The Morgan fingerprint density at radius 2 is 1.82 bits per heavy atom. The largest absolute Gasteiger partial charge is 0.493 e. The van der Waals surface area contributed by atoms with Gasteiger partial charge in [-0.05, 0) is 62.8 Å². The number of ether oxygens (including phenoxy) is 3. The van der Waals surface area contributed by atoms with Crippen molar-refractivity contribution in [2.75, 3.05) is 27.1 Å². The van der Waals surface area contributed by atoms with Crippen LogP contribution in [0.3, 0.4) is 0 Å². The summed E-state index contributed by atoms with van der Waals surface area (Å²) in [7, 11) is 1.44. The minimum Gasteiger partial charge on any atom is -0.493 e. The molecule has 1 atom stereocenters. The van der Waals surface area contributed by atoms with Crippen molar-refractivity contribution >= 4 is 6.09 Å². The Balaban J connectivity index is 2.03. The SMILES string of the molecule is COCOCC(C)(CCc1ccc(OCCCc2cccc(C)c2)c(C(F)(F)F)c1)NC(=O)O. The maximum absolute atomic E-state index is 13.7. The predicted molar refractivity (Wildman–Crippen MR) is 122 cm³/mol. The lowest BCUT2D eigenvalue weighted by Gasteiger charge is -2.29. The Hall–Kier alpha value is -2.78. The van der Waals surface area contributed by atoms with Crippen molar-refractivity contribution in [1.29, 1.82) is 0 Å². The molecule has 0 heterocycles. The molecule has 0 aromatic heterocycles. The summed E-state index contributed by atoms with van der Waals surface area (Å²) in [5.74, 6) is -0.213. The van der Waals surface area contributed by atoms with Gasteiger partial charge in [0.1, 0.15) is 12.5 Å². The van der Waals surface area contributed by atoms with Crippen molar-refractivity contribution in [2.45, 2.75) is 51.2 Å². The summed E-state index contributed by atoms with van der Waals surface area (Å²) in [6.07, 6.45) is -4.08. The summed E-state index contributed by atoms with van der Waals surface area (Å²) in [5, 5.41) is 11.5. The van der Waals surface area contributed by atoms with E-state index in [-0.39, 0.29) is 38.6 Å². The molecule has 34 heavy (non-hydrogen) atoms. The van der Waals surface area contributed by atoms with Crippen molar-refractivity contribution in [3.63, 3.8) is 0 Å². The van der Waals surface area contributed by atoms with Crippen LogP contribution in [0.1, 0.15) is 42.0 Å². The van der Waals surface area contributed by atoms with Gasteiger partial charge < -0.3 is 24.6 Å². The molecule has 2 aromatic rings. The molecule has 9 heteroatoms. The van der Waals surface area contributed by atoms with E-state index >= 15 is 0 Å². The summed E-state index contributed by atoms with van der Waals surface area (Å²) in [4.78, 5) is 11.2. The lowest BCUT2D eigenvalue weighted by atomic mass is 9.93. The van der Waals surface area contributed by atoms with Gasteiger partial charge >= 0.3 is 12.3 Å². The molecule has 2 aromatic carbocycles. The first-order chi connectivity index (χ1) is 16.0. The predicted octanol–water partition coefficient (Wildman–Crippen LogP) is 5.60. The molecule has 1 amide bonds. The first-order valence-electron chi connectivity index (χ1n) is 11.0. The van der Waals surface area contributed by atoms with E-state index < -0.39 is 23.4 Å². The molecule has 188 valence electrons. The van der Waals surface area contributed by atoms with Crippen LogP contribution in [0.25, 0.3) is 0 Å². The maximum Gasteiger partial charge on any atom is 0.419 e. The number of carboxylic acid groups (broad SMARTS) is 1. The van der Waals surface area contributed by atoms with Gasteiger partial charge in [-0.2, -0.15) is 13.2 Å². The molecule has 0 saturated carbocycles. The molecule has 2 rings (SSSR count). The Morgan fingerprint density at radius 1 is 1.09 bits per heavy atom. The van der Waals surface area contributed by atoms with Crippen LogP contribution in [0.2, 0.25) is 0 Å². The number of alkyl halides is 3. The van der Waals surface area contributed by atoms with Gasteiger partial charge in [-0.3, -0.25) is 0 Å². The lowest BCUT2D eigenvalue weighted by molar-refractivity contribution is -0.139. The summed E-state index contributed by atoms with van der Waals surface area (Å²) in [6.45, 7) is 3.78. The molecule has 0 aliphatic heterocycles. The van der Waals surface area contributed by atoms with Crippen molar-refractivity contribution in [3.8, 4) is 5.75 Å². The normalized spacial score (nSPS) is 13.4. The fourth-order valence-corrected chi connectivity index (χ4v) is 3.61. The molecule has 0 spiro atoms. The number of benzene rings is 2. The van der Waals surface area contributed by atoms with Gasteiger partial charge in [0.05, 0.1) is 24.3 Å². The van der Waals surface area contributed by atoms with Crippen LogP contribution < -0.4 is 10.1 Å². The van der Waals surface area contributed by atoms with Crippen LogP contribution >= 0.6 is 0 Å². The van der Waals surface area contributed by atoms with Gasteiger partial charge in [-0.25, -0.2) is 4.79 Å². The summed E-state index contributed by atoms with van der Waals surface area (Å²) >= 11 is 0. The van der Waals surface area contributed by atoms with Gasteiger partial charge in [-0.15, -0.1) is 0 Å². The van der Waals surface area contributed by atoms with Gasteiger partial charge in [0, 0.05) is 7.11 Å². The number of rotatable bonds is 13. The lowest BCUT2D eigenvalue weighted by Crippen LogP contribution is -2.49. The zero-order valence-electron chi connectivity index (χ0n) is 19.7. The first kappa shape index (κ1) is 27.5. The van der Waals surface area contributed by atoms with Crippen LogP contribution in [0.15, 0.2) is 42.5 Å².